The summed E-state index contributed by atoms with van der Waals surface area (Å²) in [5, 5.41) is 58.4. The first-order valence-electron chi connectivity index (χ1n) is 26.5. The number of aryl methyl sites for hydroxylation is 1. The molecule has 3 aliphatic heterocycles. The Labute approximate surface area is 627 Å². The summed E-state index contributed by atoms with van der Waals surface area (Å²) in [5.74, 6) is -2.32. The molecule has 52 heteroatoms. The third-order valence-corrected chi connectivity index (χ3v) is 19.3. The fourth-order valence-corrected chi connectivity index (χ4v) is 14.7. The standard InChI is InChI=1S/C44H59N17O27P4.4Na/c1-44(2,3)31(17-8-6-7-9-18(17)61(67)68)79-16-78-29-26(63)20(84-39(29)60-15-57(4)24-35(60)54-43(48)56-37(24)66)11-81-90(71,72)87-92(75,76)88-91(73,74)82-12-21-28(30(77-5)40(85-21)59-13-49-22-32(45)51-41(46)52-33(22)59)86-89(69,70)80-10-19-25(62)27(64)38(83-19)58-14-50-23-34(58)53-42(47)55-36(23)65;;;;/h6-9,13-15,19-21,25-31,38-40,62-64H,10-12,16H2,1-5H3,(H13-,45,46,47,48,51,52,53,54,55,56,65,66,69,70,71,72,73,74,75,76);;;;/q;4*+1/p-4/t19-,20-,21-,25+,26+,27?,28+,29?,30?,31?,38-,39-,40-;;;;/m1..../s1. The number of aliphatic hydroxyl groups excluding tert-OH is 3. The number of benzene rings is 1. The van der Waals surface area contributed by atoms with Crippen LogP contribution in [0.2, 0.25) is 0 Å². The van der Waals surface area contributed by atoms with Crippen LogP contribution in [-0.2, 0) is 80.4 Å². The minimum Gasteiger partial charge on any atom is -0.856 e. The van der Waals surface area contributed by atoms with Crippen LogP contribution in [0.1, 0.15) is 51.1 Å². The Kier molecular flexibility index (Phi) is 27.6. The molecule has 0 bridgehead atoms. The number of nitrogens with zero attached hydrogens (tertiary/aromatic N) is 12. The molecule has 7 aromatic rings. The van der Waals surface area contributed by atoms with Crippen molar-refractivity contribution in [2.24, 2.45) is 12.5 Å². The number of imidazole rings is 3. The predicted octanol–water partition coefficient (Wildman–Crippen LogP) is -16.2. The van der Waals surface area contributed by atoms with Crippen molar-refractivity contribution in [1.82, 2.24) is 53.6 Å². The summed E-state index contributed by atoms with van der Waals surface area (Å²) in [7, 11) is -22.9. The maximum absolute atomic E-state index is 13.7. The third kappa shape index (κ3) is 18.0. The van der Waals surface area contributed by atoms with Crippen molar-refractivity contribution in [3.63, 3.8) is 0 Å². The van der Waals surface area contributed by atoms with E-state index in [1.807, 2.05) is 0 Å². The molecule has 0 amide bonds. The molecule has 10 rings (SSSR count). The number of anilines is 4. The second-order valence-electron chi connectivity index (χ2n) is 21.5. The minimum atomic E-state index is -6.72. The quantitative estimate of drug-likeness (QED) is 0.00658. The molecule has 9 heterocycles. The first-order valence-corrected chi connectivity index (χ1v) is 32.4. The average Bonchev–Trinajstić information content (AvgIpc) is 1.61. The van der Waals surface area contributed by atoms with Crippen LogP contribution in [0.25, 0.3) is 33.5 Å². The largest absolute Gasteiger partial charge is 1.00 e. The van der Waals surface area contributed by atoms with Gasteiger partial charge in [-0.25, -0.2) is 28.1 Å². The third-order valence-electron chi connectivity index (χ3n) is 14.2. The van der Waals surface area contributed by atoms with Gasteiger partial charge in [0.1, 0.15) is 67.2 Å². The molecular formula is C44H55N17Na4O27P4. The fraction of sp³-hybridized carbons (Fsp3) is 0.523. The summed E-state index contributed by atoms with van der Waals surface area (Å²) in [5.41, 5.74) is 20.5. The van der Waals surface area contributed by atoms with Gasteiger partial charge in [0.15, 0.2) is 46.9 Å². The van der Waals surface area contributed by atoms with Crippen molar-refractivity contribution < 1.29 is 241 Å². The van der Waals surface area contributed by atoms with E-state index in [0.29, 0.717) is 0 Å². The van der Waals surface area contributed by atoms with Crippen molar-refractivity contribution in [2.45, 2.75) is 100 Å². The molecule has 3 saturated heterocycles. The number of para-hydroxylation sites is 1. The van der Waals surface area contributed by atoms with Crippen molar-refractivity contribution in [1.29, 1.82) is 0 Å². The van der Waals surface area contributed by atoms with Crippen LogP contribution < -0.4 is 176 Å². The maximum Gasteiger partial charge on any atom is 1.00 e. The number of rotatable bonds is 25. The van der Waals surface area contributed by atoms with Crippen LogP contribution in [0.4, 0.5) is 29.4 Å². The molecule has 17 atom stereocenters. The van der Waals surface area contributed by atoms with Crippen LogP contribution in [0.3, 0.4) is 0 Å². The van der Waals surface area contributed by atoms with E-state index in [9.17, 15) is 73.2 Å². The molecule has 0 spiro atoms. The van der Waals surface area contributed by atoms with E-state index in [2.05, 4.69) is 48.5 Å². The number of hydrogen-bond acceptors (Lipinski definition) is 38. The van der Waals surface area contributed by atoms with Crippen LogP contribution >= 0.6 is 31.3 Å². The molecule has 6 aromatic heterocycles. The van der Waals surface area contributed by atoms with Crippen molar-refractivity contribution >= 4 is 94.1 Å². The molecule has 3 aliphatic rings. The zero-order valence-electron chi connectivity index (χ0n) is 52.0. The van der Waals surface area contributed by atoms with Crippen molar-refractivity contribution in [2.75, 3.05) is 56.7 Å². The van der Waals surface area contributed by atoms with Gasteiger partial charge in [-0.05, 0) is 11.5 Å². The Bertz CT molecular complexity index is 4220. The van der Waals surface area contributed by atoms with Gasteiger partial charge >= 0.3 is 124 Å². The van der Waals surface area contributed by atoms with Crippen LogP contribution in [0, 0.1) is 15.5 Å². The number of aliphatic hydroxyl groups is 3. The van der Waals surface area contributed by atoms with Gasteiger partial charge in [-0.2, -0.15) is 15.0 Å². The van der Waals surface area contributed by atoms with Gasteiger partial charge in [-0.3, -0.25) is 51.9 Å². The van der Waals surface area contributed by atoms with Crippen LogP contribution in [-0.4, -0.2) is 162 Å². The Hall–Kier alpha value is -2.77. The SMILES string of the molecule is COC1[C@@H](OP(=O)([O-])OC[C@H]2O[C@@H](n3cnc4c(=O)[nH]c(N)nc43)C(O)[C@H]2O)[C@@H](COP(=O)([O-])OP(=O)([O-])OP(=O)([O-])OC[C@H]2O[C@@H]([n+]3cn(C)c4c([O-])nc(N)nc43)C(OCOC(c3ccccc3[N+](=O)[O-])C(C)(C)C)[C@H]2O)O[C@H]1n1cnc2c(N)nc(N)nc21.[Na+].[Na+].[Na+].[Na+]. The first kappa shape index (κ1) is 82.2. The summed E-state index contributed by atoms with van der Waals surface area (Å²) in [6, 6.07) is 5.71. The molecule has 96 heavy (non-hydrogen) atoms. The number of hydrogen-bond donors (Lipinski definition) is 8. The van der Waals surface area contributed by atoms with Gasteiger partial charge in [0, 0.05) is 19.1 Å². The van der Waals surface area contributed by atoms with E-state index in [0.717, 1.165) is 33.5 Å². The average molecular weight is 1470 g/mol. The van der Waals surface area contributed by atoms with E-state index in [1.54, 1.807) is 26.8 Å². The zero-order chi connectivity index (χ0) is 66.9. The number of nitrogen functional groups attached to an aromatic ring is 4. The van der Waals surface area contributed by atoms with Gasteiger partial charge < -0.3 is 109 Å². The number of methoxy groups -OCH3 is 1. The number of nitro groups is 1. The number of phosphoric acid groups is 4. The molecule has 502 valence electrons. The molecule has 1 aromatic carbocycles. The van der Waals surface area contributed by atoms with Gasteiger partial charge in [0.25, 0.3) is 48.5 Å². The number of phosphoric ester groups is 3. The predicted molar refractivity (Wildman–Crippen MR) is 291 cm³/mol. The molecule has 44 nitrogen and oxygen atoms in total. The number of nitro benzene ring substituents is 1. The van der Waals surface area contributed by atoms with E-state index in [4.69, 9.17) is 69.5 Å². The van der Waals surface area contributed by atoms with E-state index in [1.165, 1.54) is 36.1 Å². The molecule has 12 N–H and O–H groups in total. The number of nitrogens with two attached hydrogens (primary N) is 4. The summed E-state index contributed by atoms with van der Waals surface area (Å²) in [6.45, 7) is 0.500. The van der Waals surface area contributed by atoms with Crippen molar-refractivity contribution in [3.8, 4) is 5.88 Å². The fourth-order valence-electron chi connectivity index (χ4n) is 10.3. The summed E-state index contributed by atoms with van der Waals surface area (Å²) in [6.07, 6.45) is -19.2. The molecule has 0 saturated carbocycles. The monoisotopic (exact) mass is 1470 g/mol. The van der Waals surface area contributed by atoms with Gasteiger partial charge in [-0.15, -0.1) is 0 Å². The van der Waals surface area contributed by atoms with Crippen LogP contribution in [0.15, 0.2) is 48.0 Å². The van der Waals surface area contributed by atoms with Crippen LogP contribution in [0.5, 0.6) is 5.88 Å². The summed E-state index contributed by atoms with van der Waals surface area (Å²) < 4.78 is 121. The Morgan fingerprint density at radius 2 is 1.29 bits per heavy atom. The number of aromatic nitrogens is 12. The smallest absolute Gasteiger partial charge is 0.856 e. The minimum absolute atomic E-state index is 0. The van der Waals surface area contributed by atoms with Gasteiger partial charge in [0.2, 0.25) is 18.1 Å². The van der Waals surface area contributed by atoms with Gasteiger partial charge in [-0.1, -0.05) is 37.9 Å². The topological polar surface area (TPSA) is 644 Å². The molecule has 0 aliphatic carbocycles. The molecule has 8 unspecified atom stereocenters. The number of nitrogens with one attached hydrogen (secondary N) is 1. The maximum atomic E-state index is 13.7. The first-order chi connectivity index (χ1) is 43.1. The summed E-state index contributed by atoms with van der Waals surface area (Å²) in [4.78, 5) is 107. The number of ether oxygens (including phenoxy) is 6. The normalized spacial score (nSPS) is 26.4. The van der Waals surface area contributed by atoms with Crippen molar-refractivity contribution in [3.05, 3.63) is 69.3 Å². The molecule has 0 radical (unpaired) electrons. The van der Waals surface area contributed by atoms with E-state index >= 15 is 0 Å². The molecule has 3 fully saturated rings. The Morgan fingerprint density at radius 1 is 0.729 bits per heavy atom. The molecular weight excluding hydrogens is 1410 g/mol. The Morgan fingerprint density at radius 3 is 1.92 bits per heavy atom. The zero-order valence-corrected chi connectivity index (χ0v) is 63.6. The number of fused-ring (bicyclic) bond motifs is 3. The number of aromatic amines is 1. The second-order valence-corrected chi connectivity index (χ2v) is 27.4. The second kappa shape index (κ2) is 32.3. The van der Waals surface area contributed by atoms with E-state index in [-0.39, 0.29) is 181 Å². The summed E-state index contributed by atoms with van der Waals surface area (Å²) >= 11 is 0. The number of H-pyrrole nitrogens is 1. The Balaban J connectivity index is 0.00000364. The van der Waals surface area contributed by atoms with E-state index < -0.39 is 165 Å². The van der Waals surface area contributed by atoms with Gasteiger partial charge in [0.05, 0.1) is 56.1 Å².